The van der Waals surface area contributed by atoms with E-state index < -0.39 is 24.1 Å². The predicted molar refractivity (Wildman–Crippen MR) is 150 cm³/mol. The Morgan fingerprint density at radius 3 is 2.19 bits per heavy atom. The second-order valence-electron chi connectivity index (χ2n) is 9.70. The molecule has 3 rings (SSSR count). The number of alkyl halides is 3. The van der Waals surface area contributed by atoms with Crippen molar-refractivity contribution in [3.63, 3.8) is 0 Å². The van der Waals surface area contributed by atoms with E-state index in [1.165, 1.54) is 26.4 Å². The SMILES string of the molecule is COc1ccc(CC(=O)N=C(N)NC(Cc2ccccc2)C(=O)NCC2CCCCC2)cc1OC.O=C(O)C(F)(F)F. The van der Waals surface area contributed by atoms with Gasteiger partial charge in [0.1, 0.15) is 6.04 Å². The Bertz CT molecular complexity index is 1200. The second kappa shape index (κ2) is 16.8. The number of aliphatic carboxylic acids is 1. The van der Waals surface area contributed by atoms with Crippen molar-refractivity contribution in [1.82, 2.24) is 10.6 Å². The zero-order valence-electron chi connectivity index (χ0n) is 23.6. The van der Waals surface area contributed by atoms with Crippen LogP contribution in [0, 0.1) is 5.92 Å². The number of methoxy groups -OCH3 is 2. The van der Waals surface area contributed by atoms with Crippen LogP contribution >= 0.6 is 0 Å². The van der Waals surface area contributed by atoms with E-state index in [0.717, 1.165) is 24.0 Å². The highest BCUT2D eigenvalue weighted by molar-refractivity contribution is 5.95. The van der Waals surface area contributed by atoms with Crippen LogP contribution in [0.1, 0.15) is 43.2 Å². The summed E-state index contributed by atoms with van der Waals surface area (Å²) in [5, 5.41) is 13.2. The standard InChI is InChI=1S/C27H36N4O4.C2HF3O2/c1-34-23-14-13-21(16-24(23)35-2)17-25(32)31-27(28)30-22(15-19-9-5-3-6-10-19)26(33)29-18-20-11-7-4-8-12-20;3-2(4,5)1(6)7/h3,5-6,9-10,13-14,16,20,22H,4,7-8,11-12,15,17-18H2,1-2H3,(H,29,33)(H3,28,30,31,32);(H,6,7). The van der Waals surface area contributed by atoms with Gasteiger partial charge in [-0.15, -0.1) is 0 Å². The predicted octanol–water partition coefficient (Wildman–Crippen LogP) is 3.62. The van der Waals surface area contributed by atoms with Crippen LogP contribution in [0.25, 0.3) is 0 Å². The van der Waals surface area contributed by atoms with E-state index >= 15 is 0 Å². The van der Waals surface area contributed by atoms with E-state index in [4.69, 9.17) is 25.1 Å². The molecule has 230 valence electrons. The average Bonchev–Trinajstić information content (AvgIpc) is 2.96. The molecule has 2 amide bonds. The molecule has 42 heavy (non-hydrogen) atoms. The zero-order valence-corrected chi connectivity index (χ0v) is 23.6. The monoisotopic (exact) mass is 594 g/mol. The number of hydrogen-bond acceptors (Lipinski definition) is 5. The molecule has 0 spiro atoms. The minimum Gasteiger partial charge on any atom is -0.493 e. The molecule has 1 saturated carbocycles. The van der Waals surface area contributed by atoms with Crippen LogP contribution in [-0.2, 0) is 27.2 Å². The van der Waals surface area contributed by atoms with Crippen molar-refractivity contribution in [2.24, 2.45) is 16.6 Å². The summed E-state index contributed by atoms with van der Waals surface area (Å²) >= 11 is 0. The number of aliphatic imine (C=N–C) groups is 1. The molecule has 1 atom stereocenters. The summed E-state index contributed by atoms with van der Waals surface area (Å²) < 4.78 is 42.3. The number of carbonyl (C=O) groups is 3. The molecule has 10 nitrogen and oxygen atoms in total. The van der Waals surface area contributed by atoms with Gasteiger partial charge in [0.25, 0.3) is 5.91 Å². The number of guanidine groups is 1. The molecule has 0 saturated heterocycles. The van der Waals surface area contributed by atoms with Crippen molar-refractivity contribution in [1.29, 1.82) is 0 Å². The molecule has 2 aromatic rings. The third kappa shape index (κ3) is 12.1. The zero-order chi connectivity index (χ0) is 31.1. The second-order valence-corrected chi connectivity index (χ2v) is 9.70. The molecule has 1 aliphatic carbocycles. The normalized spacial score (nSPS) is 14.5. The number of halogens is 3. The molecule has 1 unspecified atom stereocenters. The Kier molecular flexibility index (Phi) is 13.6. The summed E-state index contributed by atoms with van der Waals surface area (Å²) in [5.74, 6) is -1.79. The van der Waals surface area contributed by atoms with Gasteiger partial charge in [0.05, 0.1) is 20.6 Å². The maximum atomic E-state index is 13.0. The van der Waals surface area contributed by atoms with Crippen molar-refractivity contribution >= 4 is 23.7 Å². The summed E-state index contributed by atoms with van der Waals surface area (Å²) in [6.45, 7) is 0.654. The number of carbonyl (C=O) groups excluding carboxylic acids is 2. The smallest absolute Gasteiger partial charge is 0.490 e. The van der Waals surface area contributed by atoms with Gasteiger partial charge in [-0.2, -0.15) is 18.2 Å². The van der Waals surface area contributed by atoms with Crippen molar-refractivity contribution in [3.05, 3.63) is 59.7 Å². The van der Waals surface area contributed by atoms with E-state index in [2.05, 4.69) is 15.6 Å². The first kappa shape index (κ1) is 33.9. The number of carboxylic acid groups (broad SMARTS) is 1. The summed E-state index contributed by atoms with van der Waals surface area (Å²) in [6, 6.07) is 14.3. The number of benzene rings is 2. The highest BCUT2D eigenvalue weighted by Crippen LogP contribution is 2.27. The molecule has 0 heterocycles. The van der Waals surface area contributed by atoms with Crippen molar-refractivity contribution in [3.8, 4) is 11.5 Å². The van der Waals surface area contributed by atoms with Gasteiger partial charge < -0.3 is 30.9 Å². The Balaban J connectivity index is 0.000000782. The maximum absolute atomic E-state index is 13.0. The topological polar surface area (TPSA) is 152 Å². The summed E-state index contributed by atoms with van der Waals surface area (Å²) in [4.78, 5) is 38.4. The summed E-state index contributed by atoms with van der Waals surface area (Å²) in [5.41, 5.74) is 7.76. The lowest BCUT2D eigenvalue weighted by Crippen LogP contribution is -2.51. The Morgan fingerprint density at radius 1 is 1.00 bits per heavy atom. The first-order chi connectivity index (χ1) is 19.9. The fourth-order valence-corrected chi connectivity index (χ4v) is 4.37. The van der Waals surface area contributed by atoms with E-state index in [-0.39, 0.29) is 18.3 Å². The molecule has 0 bridgehead atoms. The molecule has 0 aromatic heterocycles. The molecule has 1 aliphatic rings. The molecule has 1 fully saturated rings. The van der Waals surface area contributed by atoms with Gasteiger partial charge in [0.2, 0.25) is 5.91 Å². The first-order valence-electron chi connectivity index (χ1n) is 13.4. The van der Waals surface area contributed by atoms with Gasteiger partial charge >= 0.3 is 12.1 Å². The minimum absolute atomic E-state index is 0.0416. The summed E-state index contributed by atoms with van der Waals surface area (Å²) in [7, 11) is 3.09. The Labute approximate surface area is 242 Å². The largest absolute Gasteiger partial charge is 0.493 e. The van der Waals surface area contributed by atoms with E-state index in [0.29, 0.717) is 30.4 Å². The first-order valence-corrected chi connectivity index (χ1v) is 13.4. The third-order valence-corrected chi connectivity index (χ3v) is 6.50. The lowest BCUT2D eigenvalue weighted by Gasteiger charge is -2.24. The number of hydrogen-bond donors (Lipinski definition) is 4. The number of nitrogens with zero attached hydrogens (tertiary/aromatic N) is 1. The fraction of sp³-hybridized carbons (Fsp3) is 0.448. The van der Waals surface area contributed by atoms with Crippen molar-refractivity contribution in [2.75, 3.05) is 20.8 Å². The number of nitrogens with two attached hydrogens (primary N) is 1. The Morgan fingerprint density at radius 2 is 1.62 bits per heavy atom. The van der Waals surface area contributed by atoms with Crippen LogP contribution in [0.4, 0.5) is 13.2 Å². The van der Waals surface area contributed by atoms with Gasteiger partial charge in [-0.25, -0.2) is 4.79 Å². The molecule has 13 heteroatoms. The van der Waals surface area contributed by atoms with Crippen LogP contribution in [0.15, 0.2) is 53.5 Å². The van der Waals surface area contributed by atoms with Gasteiger partial charge in [0, 0.05) is 13.0 Å². The molecule has 2 aromatic carbocycles. The minimum atomic E-state index is -5.08. The maximum Gasteiger partial charge on any atom is 0.490 e. The number of ether oxygens (including phenoxy) is 2. The van der Waals surface area contributed by atoms with Crippen molar-refractivity contribution < 1.29 is 42.1 Å². The molecular weight excluding hydrogens is 557 g/mol. The Hall–Kier alpha value is -4.29. The van der Waals surface area contributed by atoms with Crippen LogP contribution < -0.4 is 25.8 Å². The fourth-order valence-electron chi connectivity index (χ4n) is 4.37. The van der Waals surface area contributed by atoms with E-state index in [9.17, 15) is 22.8 Å². The van der Waals surface area contributed by atoms with E-state index in [1.807, 2.05) is 30.3 Å². The number of rotatable bonds is 10. The average molecular weight is 595 g/mol. The summed E-state index contributed by atoms with van der Waals surface area (Å²) in [6.07, 6.45) is 1.38. The lowest BCUT2D eigenvalue weighted by atomic mass is 9.89. The highest BCUT2D eigenvalue weighted by Gasteiger charge is 2.38. The molecule has 0 aliphatic heterocycles. The van der Waals surface area contributed by atoms with Gasteiger partial charge in [-0.1, -0.05) is 55.7 Å². The quantitative estimate of drug-likeness (QED) is 0.241. The van der Waals surface area contributed by atoms with Crippen LogP contribution in [-0.4, -0.2) is 61.8 Å². The molecular formula is C29H37F3N4O6. The number of amides is 2. The third-order valence-electron chi connectivity index (χ3n) is 6.50. The van der Waals surface area contributed by atoms with Gasteiger partial charge in [-0.3, -0.25) is 9.59 Å². The highest BCUT2D eigenvalue weighted by atomic mass is 19.4. The van der Waals surface area contributed by atoms with Gasteiger partial charge in [-0.05, 0) is 42.0 Å². The van der Waals surface area contributed by atoms with Crippen LogP contribution in [0.2, 0.25) is 0 Å². The van der Waals surface area contributed by atoms with E-state index in [1.54, 1.807) is 25.3 Å². The lowest BCUT2D eigenvalue weighted by molar-refractivity contribution is -0.192. The molecule has 0 radical (unpaired) electrons. The van der Waals surface area contributed by atoms with Crippen LogP contribution in [0.3, 0.4) is 0 Å². The number of nitrogens with one attached hydrogen (secondary N) is 2. The molecule has 5 N–H and O–H groups in total. The number of carboxylic acids is 1. The van der Waals surface area contributed by atoms with Crippen molar-refractivity contribution in [2.45, 2.75) is 57.2 Å². The van der Waals surface area contributed by atoms with Gasteiger partial charge in [0.15, 0.2) is 17.5 Å². The van der Waals surface area contributed by atoms with Crippen LogP contribution in [0.5, 0.6) is 11.5 Å².